The van der Waals surface area contributed by atoms with Gasteiger partial charge in [0.2, 0.25) is 0 Å². The zero-order valence-corrected chi connectivity index (χ0v) is 15.5. The van der Waals surface area contributed by atoms with Crippen LogP contribution in [0.4, 0.5) is 5.69 Å². The molecule has 2 aromatic carbocycles. The highest BCUT2D eigenvalue weighted by Gasteiger charge is 2.46. The van der Waals surface area contributed by atoms with Gasteiger partial charge >= 0.3 is 0 Å². The van der Waals surface area contributed by atoms with Crippen molar-refractivity contribution in [2.24, 2.45) is 0 Å². The normalized spacial score (nSPS) is 24.5. The SMILES string of the molecule is COc1ccc(C2OC2C(=O)C=C2N(C)c3ccccc3C2(C)C)cc1. The number of methoxy groups -OCH3 is 1. The summed E-state index contributed by atoms with van der Waals surface area (Å²) in [6.07, 6.45) is 1.19. The monoisotopic (exact) mass is 349 g/mol. The van der Waals surface area contributed by atoms with Gasteiger partial charge in [-0.25, -0.2) is 0 Å². The van der Waals surface area contributed by atoms with E-state index < -0.39 is 6.10 Å². The number of ether oxygens (including phenoxy) is 2. The van der Waals surface area contributed by atoms with Gasteiger partial charge in [0, 0.05) is 29.9 Å². The molecule has 0 amide bonds. The second kappa shape index (κ2) is 5.99. The number of carbonyl (C=O) groups is 1. The first-order valence-corrected chi connectivity index (χ1v) is 8.82. The Hall–Kier alpha value is -2.59. The van der Waals surface area contributed by atoms with Gasteiger partial charge in [0.1, 0.15) is 11.9 Å². The van der Waals surface area contributed by atoms with Crippen LogP contribution in [-0.4, -0.2) is 26.0 Å². The summed E-state index contributed by atoms with van der Waals surface area (Å²) in [6, 6.07) is 16.0. The van der Waals surface area contributed by atoms with Crippen LogP contribution < -0.4 is 9.64 Å². The quantitative estimate of drug-likeness (QED) is 0.618. The minimum atomic E-state index is -0.399. The number of hydrogen-bond donors (Lipinski definition) is 0. The summed E-state index contributed by atoms with van der Waals surface area (Å²) in [5.41, 5.74) is 4.20. The van der Waals surface area contributed by atoms with E-state index in [2.05, 4.69) is 30.9 Å². The van der Waals surface area contributed by atoms with Crippen molar-refractivity contribution in [1.29, 1.82) is 0 Å². The van der Waals surface area contributed by atoms with E-state index >= 15 is 0 Å². The van der Waals surface area contributed by atoms with Crippen LogP contribution in [0.25, 0.3) is 0 Å². The summed E-state index contributed by atoms with van der Waals surface area (Å²) in [6.45, 7) is 4.31. The molecule has 0 saturated carbocycles. The third-order valence-electron chi connectivity index (χ3n) is 5.44. The number of carbonyl (C=O) groups excluding carboxylic acids is 1. The fraction of sp³-hybridized carbons (Fsp3) is 0.318. The summed E-state index contributed by atoms with van der Waals surface area (Å²) in [7, 11) is 3.65. The Morgan fingerprint density at radius 3 is 2.50 bits per heavy atom. The van der Waals surface area contributed by atoms with E-state index in [1.807, 2.05) is 43.4 Å². The third kappa shape index (κ3) is 2.61. The van der Waals surface area contributed by atoms with Crippen molar-refractivity contribution in [3.05, 3.63) is 71.4 Å². The molecule has 26 heavy (non-hydrogen) atoms. The fourth-order valence-corrected chi connectivity index (χ4v) is 3.85. The largest absolute Gasteiger partial charge is 0.497 e. The average molecular weight is 349 g/mol. The van der Waals surface area contributed by atoms with Gasteiger partial charge in [-0.1, -0.05) is 44.2 Å². The van der Waals surface area contributed by atoms with Crippen molar-refractivity contribution in [2.45, 2.75) is 31.5 Å². The predicted octanol–water partition coefficient (Wildman–Crippen LogP) is 4.02. The van der Waals surface area contributed by atoms with E-state index in [1.54, 1.807) is 13.2 Å². The molecule has 0 spiro atoms. The highest BCUT2D eigenvalue weighted by atomic mass is 16.6. The maximum Gasteiger partial charge on any atom is 0.189 e. The molecule has 2 heterocycles. The van der Waals surface area contributed by atoms with Crippen LogP contribution in [0.2, 0.25) is 0 Å². The number of hydrogen-bond acceptors (Lipinski definition) is 4. The molecule has 4 rings (SSSR count). The summed E-state index contributed by atoms with van der Waals surface area (Å²) in [5.74, 6) is 0.819. The highest BCUT2D eigenvalue weighted by Crippen LogP contribution is 2.47. The molecule has 2 atom stereocenters. The van der Waals surface area contributed by atoms with Crippen LogP contribution in [0.5, 0.6) is 5.75 Å². The van der Waals surface area contributed by atoms with E-state index in [9.17, 15) is 4.79 Å². The van der Waals surface area contributed by atoms with Crippen molar-refractivity contribution in [3.63, 3.8) is 0 Å². The average Bonchev–Trinajstić information content (AvgIpc) is 3.43. The summed E-state index contributed by atoms with van der Waals surface area (Å²) >= 11 is 0. The smallest absolute Gasteiger partial charge is 0.189 e. The van der Waals surface area contributed by atoms with E-state index in [4.69, 9.17) is 9.47 Å². The second-order valence-electron chi connectivity index (χ2n) is 7.38. The number of likely N-dealkylation sites (N-methyl/N-ethyl adjacent to an activating group) is 1. The molecule has 0 bridgehead atoms. The van der Waals surface area contributed by atoms with Gasteiger partial charge in [-0.2, -0.15) is 0 Å². The zero-order chi connectivity index (χ0) is 18.5. The van der Waals surface area contributed by atoms with Crippen LogP contribution >= 0.6 is 0 Å². The Bertz CT molecular complexity index is 883. The fourth-order valence-electron chi connectivity index (χ4n) is 3.85. The second-order valence-corrected chi connectivity index (χ2v) is 7.38. The number of allylic oxidation sites excluding steroid dienone is 1. The molecule has 0 radical (unpaired) electrons. The first-order chi connectivity index (χ1) is 12.4. The van der Waals surface area contributed by atoms with E-state index in [0.717, 1.165) is 22.7 Å². The number of ketones is 1. The first-order valence-electron chi connectivity index (χ1n) is 8.82. The zero-order valence-electron chi connectivity index (χ0n) is 15.5. The molecule has 0 aliphatic carbocycles. The Labute approximate surface area is 154 Å². The molecular weight excluding hydrogens is 326 g/mol. The molecule has 2 aliphatic heterocycles. The van der Waals surface area contributed by atoms with Crippen molar-refractivity contribution in [3.8, 4) is 5.75 Å². The molecule has 0 N–H and O–H groups in total. The number of benzene rings is 2. The van der Waals surface area contributed by atoms with Crippen LogP contribution in [-0.2, 0) is 14.9 Å². The molecule has 4 nitrogen and oxygen atoms in total. The summed E-state index contributed by atoms with van der Waals surface area (Å²) < 4.78 is 10.9. The number of anilines is 1. The van der Waals surface area contributed by atoms with Gasteiger partial charge in [-0.3, -0.25) is 4.79 Å². The van der Waals surface area contributed by atoms with Crippen molar-refractivity contribution in [1.82, 2.24) is 0 Å². The van der Waals surface area contributed by atoms with Crippen LogP contribution in [0, 0.1) is 0 Å². The van der Waals surface area contributed by atoms with Gasteiger partial charge in [-0.15, -0.1) is 0 Å². The third-order valence-corrected chi connectivity index (χ3v) is 5.44. The van der Waals surface area contributed by atoms with Crippen molar-refractivity contribution >= 4 is 11.5 Å². The molecule has 1 saturated heterocycles. The van der Waals surface area contributed by atoms with Gasteiger partial charge in [0.25, 0.3) is 0 Å². The Morgan fingerprint density at radius 2 is 1.85 bits per heavy atom. The first kappa shape index (κ1) is 16.9. The van der Waals surface area contributed by atoms with E-state index in [0.29, 0.717) is 0 Å². The minimum Gasteiger partial charge on any atom is -0.497 e. The molecule has 2 unspecified atom stereocenters. The number of nitrogens with zero attached hydrogens (tertiary/aromatic N) is 1. The summed E-state index contributed by atoms with van der Waals surface area (Å²) in [4.78, 5) is 14.9. The van der Waals surface area contributed by atoms with Gasteiger partial charge < -0.3 is 14.4 Å². The van der Waals surface area contributed by atoms with Gasteiger partial charge in [-0.05, 0) is 29.3 Å². The number of para-hydroxylation sites is 1. The molecule has 2 aromatic rings. The molecule has 4 heteroatoms. The van der Waals surface area contributed by atoms with Crippen molar-refractivity contribution in [2.75, 3.05) is 19.1 Å². The number of fused-ring (bicyclic) bond motifs is 1. The van der Waals surface area contributed by atoms with Crippen molar-refractivity contribution < 1.29 is 14.3 Å². The van der Waals surface area contributed by atoms with Crippen LogP contribution in [0.15, 0.2) is 60.3 Å². The molecule has 1 fully saturated rings. The summed E-state index contributed by atoms with van der Waals surface area (Å²) in [5, 5.41) is 0. The Balaban J connectivity index is 1.55. The number of epoxide rings is 1. The van der Waals surface area contributed by atoms with E-state index in [1.165, 1.54) is 5.56 Å². The highest BCUT2D eigenvalue weighted by molar-refractivity contribution is 5.98. The lowest BCUT2D eigenvalue weighted by Gasteiger charge is -2.23. The molecular formula is C22H23NO3. The lowest BCUT2D eigenvalue weighted by Crippen LogP contribution is -2.24. The Morgan fingerprint density at radius 1 is 1.15 bits per heavy atom. The molecule has 134 valence electrons. The van der Waals surface area contributed by atoms with Crippen LogP contribution in [0.1, 0.15) is 31.1 Å². The number of rotatable bonds is 4. The standard InChI is InChI=1S/C22H23NO3/c1-22(2)16-7-5-6-8-17(16)23(3)19(22)13-18(24)21-20(26-21)14-9-11-15(25-4)12-10-14/h5-13,20-21H,1-4H3. The molecule has 2 aliphatic rings. The maximum atomic E-state index is 12.8. The lowest BCUT2D eigenvalue weighted by molar-refractivity contribution is -0.115. The van der Waals surface area contributed by atoms with Gasteiger partial charge in [0.15, 0.2) is 11.9 Å². The van der Waals surface area contributed by atoms with Gasteiger partial charge in [0.05, 0.1) is 7.11 Å². The molecule has 0 aromatic heterocycles. The maximum absolute atomic E-state index is 12.8. The lowest BCUT2D eigenvalue weighted by atomic mass is 9.83. The predicted molar refractivity (Wildman–Crippen MR) is 102 cm³/mol. The topological polar surface area (TPSA) is 42.1 Å². The van der Waals surface area contributed by atoms with Crippen LogP contribution in [0.3, 0.4) is 0 Å². The Kier molecular flexibility index (Phi) is 3.88. The minimum absolute atomic E-state index is 0.0218. The van der Waals surface area contributed by atoms with E-state index in [-0.39, 0.29) is 17.3 Å².